The second-order valence-electron chi connectivity index (χ2n) is 8.32. The van der Waals surface area contributed by atoms with Crippen molar-refractivity contribution in [1.82, 2.24) is 5.43 Å². The summed E-state index contributed by atoms with van der Waals surface area (Å²) in [6.07, 6.45) is 1.49. The Morgan fingerprint density at radius 2 is 1.49 bits per heavy atom. The lowest BCUT2D eigenvalue weighted by Crippen LogP contribution is -2.18. The highest BCUT2D eigenvalue weighted by Gasteiger charge is 2.12. The van der Waals surface area contributed by atoms with Gasteiger partial charge in [-0.3, -0.25) is 14.9 Å². The number of hydrazone groups is 1. The first kappa shape index (κ1) is 26.9. The van der Waals surface area contributed by atoms with E-state index in [4.69, 9.17) is 14.2 Å². The lowest BCUT2D eigenvalue weighted by Gasteiger charge is -2.13. The van der Waals surface area contributed by atoms with Crippen LogP contribution in [0.4, 0.5) is 5.69 Å². The van der Waals surface area contributed by atoms with Gasteiger partial charge in [-0.25, -0.2) is 5.43 Å². The number of hydrogen-bond acceptors (Lipinski definition) is 7. The first-order valence-electron chi connectivity index (χ1n) is 12.3. The Labute approximate surface area is 225 Å². The van der Waals surface area contributed by atoms with Crippen molar-refractivity contribution in [2.75, 3.05) is 6.61 Å². The molecule has 0 spiro atoms. The number of non-ortho nitro benzene ring substituents is 1. The van der Waals surface area contributed by atoms with Gasteiger partial charge in [-0.15, -0.1) is 0 Å². The Hall–Kier alpha value is -5.18. The monoisotopic (exact) mass is 525 g/mol. The van der Waals surface area contributed by atoms with Crippen molar-refractivity contribution in [3.05, 3.63) is 129 Å². The van der Waals surface area contributed by atoms with E-state index < -0.39 is 10.8 Å². The molecular weight excluding hydrogens is 498 g/mol. The molecule has 4 rings (SSSR count). The first-order valence-corrected chi connectivity index (χ1v) is 12.3. The number of carbonyl (C=O) groups is 1. The molecule has 4 aromatic rings. The summed E-state index contributed by atoms with van der Waals surface area (Å²) in [6.45, 7) is 2.87. The van der Waals surface area contributed by atoms with Crippen LogP contribution in [-0.4, -0.2) is 23.7 Å². The van der Waals surface area contributed by atoms with E-state index in [0.29, 0.717) is 41.6 Å². The molecule has 4 aromatic carbocycles. The topological polar surface area (TPSA) is 112 Å². The van der Waals surface area contributed by atoms with Crippen LogP contribution in [0.3, 0.4) is 0 Å². The molecule has 0 bridgehead atoms. The van der Waals surface area contributed by atoms with Crippen LogP contribution < -0.4 is 19.6 Å². The van der Waals surface area contributed by atoms with Crippen LogP contribution in [0.1, 0.15) is 34.0 Å². The van der Waals surface area contributed by atoms with E-state index in [0.717, 1.165) is 11.1 Å². The van der Waals surface area contributed by atoms with Gasteiger partial charge in [0.15, 0.2) is 11.5 Å². The number of carbonyl (C=O) groups excluding carboxylic acids is 1. The molecule has 0 unspecified atom stereocenters. The van der Waals surface area contributed by atoms with Gasteiger partial charge in [-0.1, -0.05) is 42.5 Å². The molecule has 0 saturated carbocycles. The average Bonchev–Trinajstić information content (AvgIpc) is 2.97. The molecule has 198 valence electrons. The molecule has 1 amide bonds. The molecule has 39 heavy (non-hydrogen) atoms. The summed E-state index contributed by atoms with van der Waals surface area (Å²) in [5.41, 5.74) is 5.36. The Morgan fingerprint density at radius 1 is 0.821 bits per heavy atom. The van der Waals surface area contributed by atoms with E-state index >= 15 is 0 Å². The van der Waals surface area contributed by atoms with Crippen LogP contribution >= 0.6 is 0 Å². The Bertz CT molecular complexity index is 1440. The summed E-state index contributed by atoms with van der Waals surface area (Å²) in [6, 6.07) is 28.1. The van der Waals surface area contributed by atoms with Crippen molar-refractivity contribution in [1.29, 1.82) is 0 Å². The van der Waals surface area contributed by atoms with Crippen LogP contribution in [0.25, 0.3) is 0 Å². The van der Waals surface area contributed by atoms with Crippen molar-refractivity contribution >= 4 is 17.8 Å². The number of nitrogens with zero attached hydrogens (tertiary/aromatic N) is 2. The van der Waals surface area contributed by atoms with Gasteiger partial charge in [-0.2, -0.15) is 5.10 Å². The minimum Gasteiger partial charge on any atom is -0.490 e. The van der Waals surface area contributed by atoms with Gasteiger partial charge in [-0.05, 0) is 60.5 Å². The molecule has 9 nitrogen and oxygen atoms in total. The average molecular weight is 526 g/mol. The zero-order chi connectivity index (χ0) is 27.5. The van der Waals surface area contributed by atoms with Gasteiger partial charge in [0.25, 0.3) is 11.6 Å². The van der Waals surface area contributed by atoms with Gasteiger partial charge in [0.2, 0.25) is 0 Å². The number of nitro groups is 1. The highest BCUT2D eigenvalue weighted by atomic mass is 16.6. The lowest BCUT2D eigenvalue weighted by atomic mass is 10.2. The second kappa shape index (κ2) is 13.4. The standard InChI is InChI=1S/C30H27N3O6/c1-2-37-29-18-24(14-17-28(29)39-20-22-8-4-3-5-9-22)30(34)32-31-19-25-10-6-7-11-27(25)38-21-23-12-15-26(16-13-23)33(35)36/h3-19H,2,20-21H2,1H3,(H,32,34)/b31-19+. The van der Waals surface area contributed by atoms with E-state index in [9.17, 15) is 14.9 Å². The van der Waals surface area contributed by atoms with E-state index in [2.05, 4.69) is 10.5 Å². The van der Waals surface area contributed by atoms with Crippen molar-refractivity contribution < 1.29 is 23.9 Å². The minimum atomic E-state index is -0.448. The fourth-order valence-electron chi connectivity index (χ4n) is 3.59. The van der Waals surface area contributed by atoms with Crippen molar-refractivity contribution in [3.8, 4) is 17.2 Å². The Morgan fingerprint density at radius 3 is 2.21 bits per heavy atom. The number of ether oxygens (including phenoxy) is 3. The largest absolute Gasteiger partial charge is 0.490 e. The Kier molecular flexibility index (Phi) is 9.22. The van der Waals surface area contributed by atoms with Crippen LogP contribution in [0, 0.1) is 10.1 Å². The highest BCUT2D eigenvalue weighted by molar-refractivity contribution is 5.95. The molecule has 9 heteroatoms. The van der Waals surface area contributed by atoms with E-state index in [1.165, 1.54) is 18.3 Å². The fourth-order valence-corrected chi connectivity index (χ4v) is 3.59. The number of rotatable bonds is 12. The van der Waals surface area contributed by atoms with Gasteiger partial charge >= 0.3 is 0 Å². The summed E-state index contributed by atoms with van der Waals surface area (Å²) in [5.74, 6) is 1.15. The molecule has 0 radical (unpaired) electrons. The van der Waals surface area contributed by atoms with Crippen LogP contribution in [0.2, 0.25) is 0 Å². The summed E-state index contributed by atoms with van der Waals surface area (Å²) in [7, 11) is 0. The number of nitro benzene ring substituents is 1. The molecule has 0 aliphatic carbocycles. The zero-order valence-corrected chi connectivity index (χ0v) is 21.3. The van der Waals surface area contributed by atoms with Gasteiger partial charge < -0.3 is 14.2 Å². The molecule has 0 aliphatic heterocycles. The van der Waals surface area contributed by atoms with Crippen LogP contribution in [-0.2, 0) is 13.2 Å². The summed E-state index contributed by atoms with van der Waals surface area (Å²) < 4.78 is 17.5. The highest BCUT2D eigenvalue weighted by Crippen LogP contribution is 2.29. The molecule has 1 N–H and O–H groups in total. The van der Waals surface area contributed by atoms with E-state index in [1.807, 2.05) is 49.4 Å². The fraction of sp³-hybridized carbons (Fsp3) is 0.133. The maximum absolute atomic E-state index is 12.8. The van der Waals surface area contributed by atoms with E-state index in [1.54, 1.807) is 42.5 Å². The van der Waals surface area contributed by atoms with Crippen molar-refractivity contribution in [2.24, 2.45) is 5.10 Å². The molecule has 0 atom stereocenters. The second-order valence-corrected chi connectivity index (χ2v) is 8.32. The third-order valence-corrected chi connectivity index (χ3v) is 5.57. The predicted octanol–water partition coefficient (Wildman–Crippen LogP) is 5.92. The van der Waals surface area contributed by atoms with E-state index in [-0.39, 0.29) is 12.3 Å². The SMILES string of the molecule is CCOc1cc(C(=O)N/N=C/c2ccccc2OCc2ccc([N+](=O)[O-])cc2)ccc1OCc1ccccc1. The van der Waals surface area contributed by atoms with Gasteiger partial charge in [0, 0.05) is 23.3 Å². The number of hydrogen-bond donors (Lipinski definition) is 1. The summed E-state index contributed by atoms with van der Waals surface area (Å²) in [4.78, 5) is 23.1. The quantitative estimate of drug-likeness (QED) is 0.140. The number of para-hydroxylation sites is 1. The molecule has 0 aliphatic rings. The summed E-state index contributed by atoms with van der Waals surface area (Å²) in [5, 5.41) is 14.9. The maximum atomic E-state index is 12.8. The molecule has 0 heterocycles. The molecule has 0 saturated heterocycles. The van der Waals surface area contributed by atoms with Crippen molar-refractivity contribution in [2.45, 2.75) is 20.1 Å². The third-order valence-electron chi connectivity index (χ3n) is 5.57. The van der Waals surface area contributed by atoms with Crippen LogP contribution in [0.5, 0.6) is 17.2 Å². The van der Waals surface area contributed by atoms with Crippen LogP contribution in [0.15, 0.2) is 102 Å². The molecular formula is C30H27N3O6. The zero-order valence-electron chi connectivity index (χ0n) is 21.3. The van der Waals surface area contributed by atoms with Gasteiger partial charge in [0.05, 0.1) is 17.7 Å². The normalized spacial score (nSPS) is 10.7. The predicted molar refractivity (Wildman–Crippen MR) is 147 cm³/mol. The maximum Gasteiger partial charge on any atom is 0.271 e. The minimum absolute atomic E-state index is 0.0183. The third kappa shape index (κ3) is 7.65. The summed E-state index contributed by atoms with van der Waals surface area (Å²) >= 11 is 0. The van der Waals surface area contributed by atoms with Gasteiger partial charge in [0.1, 0.15) is 19.0 Å². The number of benzene rings is 4. The lowest BCUT2D eigenvalue weighted by molar-refractivity contribution is -0.384. The van der Waals surface area contributed by atoms with Crippen molar-refractivity contribution in [3.63, 3.8) is 0 Å². The first-order chi connectivity index (χ1) is 19.0. The number of amides is 1. The molecule has 0 aromatic heterocycles. The smallest absolute Gasteiger partial charge is 0.271 e. The number of nitrogens with one attached hydrogen (secondary N) is 1. The Balaban J connectivity index is 1.37. The molecule has 0 fully saturated rings.